The lowest BCUT2D eigenvalue weighted by Crippen LogP contribution is -2.16. The first-order chi connectivity index (χ1) is 10.3. The molecule has 4 heteroatoms. The van der Waals surface area contributed by atoms with E-state index < -0.39 is 0 Å². The maximum absolute atomic E-state index is 5.90. The van der Waals surface area contributed by atoms with E-state index in [0.717, 1.165) is 33.3 Å². The van der Waals surface area contributed by atoms with Crippen molar-refractivity contribution in [2.45, 2.75) is 0 Å². The normalized spacial score (nSPS) is 16.4. The summed E-state index contributed by atoms with van der Waals surface area (Å²) in [7, 11) is 1.93. The Hall–Kier alpha value is -2.88. The third-order valence-corrected chi connectivity index (χ3v) is 3.58. The molecule has 4 rings (SSSR count). The molecule has 2 aromatic carbocycles. The summed E-state index contributed by atoms with van der Waals surface area (Å²) in [5, 5.41) is 2.24. The van der Waals surface area contributed by atoms with Crippen LogP contribution in [0.2, 0.25) is 0 Å². The average molecular weight is 275 g/mol. The minimum atomic E-state index is 0.850. The highest BCUT2D eigenvalue weighted by Crippen LogP contribution is 2.32. The van der Waals surface area contributed by atoms with Gasteiger partial charge in [0.2, 0.25) is 0 Å². The third kappa shape index (κ3) is 1.92. The topological polar surface area (TPSA) is 41.1 Å². The van der Waals surface area contributed by atoms with Crippen molar-refractivity contribution in [2.24, 2.45) is 9.98 Å². The first-order valence-corrected chi connectivity index (χ1v) is 6.73. The van der Waals surface area contributed by atoms with Gasteiger partial charge in [-0.25, -0.2) is 9.98 Å². The van der Waals surface area contributed by atoms with Crippen LogP contribution < -0.4 is 0 Å². The van der Waals surface area contributed by atoms with Crippen LogP contribution >= 0.6 is 0 Å². The van der Waals surface area contributed by atoms with E-state index in [4.69, 9.17) is 4.42 Å². The quantitative estimate of drug-likeness (QED) is 0.676. The molecule has 21 heavy (non-hydrogen) atoms. The van der Waals surface area contributed by atoms with E-state index in [1.165, 1.54) is 0 Å². The number of hydrogen-bond donors (Lipinski definition) is 0. The van der Waals surface area contributed by atoms with Gasteiger partial charge in [0.15, 0.2) is 0 Å². The van der Waals surface area contributed by atoms with Crippen molar-refractivity contribution in [3.05, 3.63) is 53.8 Å². The number of aliphatic imine (C=N–C) groups is 2. The zero-order valence-electron chi connectivity index (χ0n) is 11.5. The van der Waals surface area contributed by atoms with Gasteiger partial charge < -0.3 is 9.32 Å². The lowest BCUT2D eigenvalue weighted by molar-refractivity contribution is 0.638. The van der Waals surface area contributed by atoms with Crippen LogP contribution in [-0.2, 0) is 0 Å². The standard InChI is InChI=1S/C17H13N3O/c1-20-11-18-10-19-16(20)9-12-5-4-8-15-17(12)13-6-2-3-7-14(13)21-15/h2-11H,1H3/b16-9-. The molecule has 2 heterocycles. The van der Waals surface area contributed by atoms with Crippen LogP contribution in [0.25, 0.3) is 28.0 Å². The summed E-state index contributed by atoms with van der Waals surface area (Å²) in [6, 6.07) is 14.1. The number of nitrogens with zero attached hydrogens (tertiary/aromatic N) is 3. The molecule has 0 saturated carbocycles. The van der Waals surface area contributed by atoms with Gasteiger partial charge in [-0.15, -0.1) is 0 Å². The van der Waals surface area contributed by atoms with Gasteiger partial charge in [-0.2, -0.15) is 0 Å². The lowest BCUT2D eigenvalue weighted by Gasteiger charge is -2.15. The maximum Gasteiger partial charge on any atom is 0.136 e. The molecule has 4 nitrogen and oxygen atoms in total. The Labute approximate surface area is 121 Å². The Morgan fingerprint density at radius 2 is 1.90 bits per heavy atom. The molecule has 0 bridgehead atoms. The van der Waals surface area contributed by atoms with Gasteiger partial charge in [-0.05, 0) is 23.8 Å². The minimum absolute atomic E-state index is 0.850. The SMILES string of the molecule is CN1C=NC=N/C1=C/c1cccc2oc3ccccc3c12. The molecule has 0 saturated heterocycles. The van der Waals surface area contributed by atoms with Crippen molar-refractivity contribution in [3.8, 4) is 0 Å². The predicted octanol–water partition coefficient (Wildman–Crippen LogP) is 3.89. The number of furan rings is 1. The minimum Gasteiger partial charge on any atom is -0.456 e. The smallest absolute Gasteiger partial charge is 0.136 e. The van der Waals surface area contributed by atoms with E-state index in [1.54, 1.807) is 12.7 Å². The van der Waals surface area contributed by atoms with Crippen molar-refractivity contribution < 1.29 is 4.42 Å². The van der Waals surface area contributed by atoms with Crippen LogP contribution in [-0.4, -0.2) is 24.6 Å². The molecule has 1 aliphatic heterocycles. The van der Waals surface area contributed by atoms with E-state index in [2.05, 4.69) is 22.1 Å². The second kappa shape index (κ2) is 4.59. The van der Waals surface area contributed by atoms with Crippen molar-refractivity contribution >= 4 is 40.7 Å². The van der Waals surface area contributed by atoms with Gasteiger partial charge >= 0.3 is 0 Å². The molecular weight excluding hydrogens is 262 g/mol. The van der Waals surface area contributed by atoms with E-state index in [0.29, 0.717) is 0 Å². The molecule has 0 radical (unpaired) electrons. The van der Waals surface area contributed by atoms with E-state index in [-0.39, 0.29) is 0 Å². The highest BCUT2D eigenvalue weighted by molar-refractivity contribution is 6.09. The summed E-state index contributed by atoms with van der Waals surface area (Å²) in [6.07, 6.45) is 5.35. The highest BCUT2D eigenvalue weighted by Gasteiger charge is 2.11. The van der Waals surface area contributed by atoms with Crippen LogP contribution in [0.3, 0.4) is 0 Å². The van der Waals surface area contributed by atoms with Gasteiger partial charge in [-0.3, -0.25) is 0 Å². The second-order valence-corrected chi connectivity index (χ2v) is 4.94. The number of benzene rings is 2. The number of fused-ring (bicyclic) bond motifs is 3. The van der Waals surface area contributed by atoms with Gasteiger partial charge in [0.25, 0.3) is 0 Å². The maximum atomic E-state index is 5.90. The van der Waals surface area contributed by atoms with Crippen LogP contribution in [0.5, 0.6) is 0 Å². The predicted molar refractivity (Wildman–Crippen MR) is 86.4 cm³/mol. The highest BCUT2D eigenvalue weighted by atomic mass is 16.3. The third-order valence-electron chi connectivity index (χ3n) is 3.58. The summed E-state index contributed by atoms with van der Waals surface area (Å²) in [5.41, 5.74) is 2.88. The molecule has 0 unspecified atom stereocenters. The lowest BCUT2D eigenvalue weighted by atomic mass is 10.1. The molecule has 1 aliphatic rings. The summed E-state index contributed by atoms with van der Waals surface area (Å²) in [4.78, 5) is 10.2. The van der Waals surface area contributed by atoms with Crippen LogP contribution in [0.4, 0.5) is 0 Å². The Balaban J connectivity index is 1.99. The molecule has 102 valence electrons. The molecule has 0 N–H and O–H groups in total. The molecule has 0 aliphatic carbocycles. The molecular formula is C17H13N3O. The fourth-order valence-corrected chi connectivity index (χ4v) is 2.57. The number of para-hydroxylation sites is 1. The second-order valence-electron chi connectivity index (χ2n) is 4.94. The van der Waals surface area contributed by atoms with Gasteiger partial charge in [-0.1, -0.05) is 30.3 Å². The van der Waals surface area contributed by atoms with Crippen molar-refractivity contribution in [2.75, 3.05) is 7.05 Å². The zero-order valence-corrected chi connectivity index (χ0v) is 11.5. The molecule has 0 atom stereocenters. The first kappa shape index (κ1) is 11.9. The largest absolute Gasteiger partial charge is 0.456 e. The fourth-order valence-electron chi connectivity index (χ4n) is 2.57. The Bertz CT molecular complexity index is 918. The summed E-state index contributed by atoms with van der Waals surface area (Å²) < 4.78 is 5.90. The van der Waals surface area contributed by atoms with Crippen LogP contribution in [0.1, 0.15) is 5.56 Å². The van der Waals surface area contributed by atoms with Crippen LogP contribution in [0.15, 0.2) is 62.7 Å². The summed E-state index contributed by atoms with van der Waals surface area (Å²) in [5.74, 6) is 0.850. The number of rotatable bonds is 1. The molecule has 0 amide bonds. The summed E-state index contributed by atoms with van der Waals surface area (Å²) >= 11 is 0. The van der Waals surface area contributed by atoms with Crippen molar-refractivity contribution in [1.82, 2.24) is 4.90 Å². The molecule has 0 spiro atoms. The van der Waals surface area contributed by atoms with Gasteiger partial charge in [0.05, 0.1) is 6.34 Å². The molecule has 0 fully saturated rings. The van der Waals surface area contributed by atoms with Gasteiger partial charge in [0, 0.05) is 17.8 Å². The Kier molecular flexibility index (Phi) is 2.60. The fraction of sp³-hybridized carbons (Fsp3) is 0.0588. The average Bonchev–Trinajstić information content (AvgIpc) is 2.89. The summed E-state index contributed by atoms with van der Waals surface area (Å²) in [6.45, 7) is 0. The Morgan fingerprint density at radius 1 is 1.05 bits per heavy atom. The van der Waals surface area contributed by atoms with Gasteiger partial charge in [0.1, 0.15) is 23.3 Å². The zero-order chi connectivity index (χ0) is 14.2. The molecule has 3 aromatic rings. The van der Waals surface area contributed by atoms with Crippen LogP contribution in [0, 0.1) is 0 Å². The Morgan fingerprint density at radius 3 is 2.81 bits per heavy atom. The van der Waals surface area contributed by atoms with Crippen molar-refractivity contribution in [1.29, 1.82) is 0 Å². The number of hydrogen-bond acceptors (Lipinski definition) is 4. The van der Waals surface area contributed by atoms with E-state index in [1.807, 2.05) is 48.4 Å². The molecule has 1 aromatic heterocycles. The monoisotopic (exact) mass is 275 g/mol. The van der Waals surface area contributed by atoms with E-state index in [9.17, 15) is 0 Å². The first-order valence-electron chi connectivity index (χ1n) is 6.73. The van der Waals surface area contributed by atoms with E-state index >= 15 is 0 Å². The van der Waals surface area contributed by atoms with Crippen molar-refractivity contribution in [3.63, 3.8) is 0 Å².